The fourth-order valence-corrected chi connectivity index (χ4v) is 2.70. The van der Waals surface area contributed by atoms with E-state index in [1.54, 1.807) is 6.07 Å². The lowest BCUT2D eigenvalue weighted by atomic mass is 9.98. The molecule has 0 amide bonds. The van der Waals surface area contributed by atoms with E-state index in [-0.39, 0.29) is 6.61 Å². The average molecular weight is 414 g/mol. The van der Waals surface area contributed by atoms with Crippen LogP contribution < -0.4 is 4.84 Å². The summed E-state index contributed by atoms with van der Waals surface area (Å²) in [5.41, 5.74) is 0. The summed E-state index contributed by atoms with van der Waals surface area (Å²) in [4.78, 5) is 52.8. The molecule has 1 aromatic rings. The number of carbonyl (C=O) groups is 4. The molecule has 0 unspecified atom stereocenters. The maximum Gasteiger partial charge on any atom is 0.303 e. The van der Waals surface area contributed by atoms with Crippen LogP contribution in [0.25, 0.3) is 0 Å². The van der Waals surface area contributed by atoms with E-state index in [9.17, 15) is 19.2 Å². The van der Waals surface area contributed by atoms with Crippen LogP contribution in [0.5, 0.6) is 0 Å². The number of ether oxygens (including phenoxy) is 5. The number of hydrogen-bond acceptors (Lipinski definition) is 11. The van der Waals surface area contributed by atoms with Crippen LogP contribution in [0.15, 0.2) is 18.5 Å². The maximum atomic E-state index is 11.7. The highest BCUT2D eigenvalue weighted by molar-refractivity contribution is 5.68. The van der Waals surface area contributed by atoms with Gasteiger partial charge >= 0.3 is 23.9 Å². The van der Waals surface area contributed by atoms with Gasteiger partial charge in [0, 0.05) is 27.7 Å². The molecule has 0 N–H and O–H groups in total. The topological polar surface area (TPSA) is 141 Å². The van der Waals surface area contributed by atoms with Gasteiger partial charge in [-0.05, 0) is 6.07 Å². The molecule has 1 aliphatic rings. The number of carbonyl (C=O) groups excluding carboxylic acids is 4. The standard InChI is InChI=1S/C17H22N2O10/c1-9(20)24-8-13-14(25-10(2)21)15(26-11(3)22)16(27-12(4)23)17(28-13)29-19-7-5-6-18-19/h5-7,13-17H,8H2,1-4H3/t13-,14-,15+,16-,17+/m1/s1. The summed E-state index contributed by atoms with van der Waals surface area (Å²) >= 11 is 0. The third kappa shape index (κ3) is 6.45. The SMILES string of the molecule is CC(=O)OC[C@H]1O[C@@H](On2cccn2)[C@H](OC(C)=O)[C@@H](OC(C)=O)[C@@H]1OC(C)=O. The van der Waals surface area contributed by atoms with Crippen LogP contribution in [0.1, 0.15) is 27.7 Å². The second-order valence-electron chi connectivity index (χ2n) is 6.08. The van der Waals surface area contributed by atoms with Crippen molar-refractivity contribution < 1.29 is 47.7 Å². The average Bonchev–Trinajstić information content (AvgIpc) is 3.10. The molecule has 0 radical (unpaired) electrons. The van der Waals surface area contributed by atoms with E-state index < -0.39 is 54.6 Å². The van der Waals surface area contributed by atoms with Crippen molar-refractivity contribution >= 4 is 23.9 Å². The van der Waals surface area contributed by atoms with Gasteiger partial charge in [0.05, 0.1) is 12.4 Å². The van der Waals surface area contributed by atoms with Gasteiger partial charge in [-0.3, -0.25) is 19.2 Å². The molecular weight excluding hydrogens is 392 g/mol. The van der Waals surface area contributed by atoms with Crippen molar-refractivity contribution in [3.05, 3.63) is 18.5 Å². The minimum atomic E-state index is -1.32. The molecule has 160 valence electrons. The Bertz CT molecular complexity index is 735. The first-order valence-electron chi connectivity index (χ1n) is 8.64. The van der Waals surface area contributed by atoms with Gasteiger partial charge in [0.1, 0.15) is 12.7 Å². The van der Waals surface area contributed by atoms with Gasteiger partial charge in [-0.1, -0.05) is 0 Å². The van der Waals surface area contributed by atoms with Crippen LogP contribution in [0.2, 0.25) is 0 Å². The highest BCUT2D eigenvalue weighted by atomic mass is 16.8. The monoisotopic (exact) mass is 414 g/mol. The van der Waals surface area contributed by atoms with Crippen LogP contribution in [0.4, 0.5) is 0 Å². The molecule has 1 saturated heterocycles. The van der Waals surface area contributed by atoms with E-state index in [4.69, 9.17) is 28.5 Å². The lowest BCUT2D eigenvalue weighted by Crippen LogP contribution is -2.64. The molecule has 1 fully saturated rings. The second-order valence-corrected chi connectivity index (χ2v) is 6.08. The summed E-state index contributed by atoms with van der Waals surface area (Å²) in [5, 5.41) is 3.87. The number of esters is 4. The zero-order valence-electron chi connectivity index (χ0n) is 16.3. The number of nitrogens with zero attached hydrogens (tertiary/aromatic N) is 2. The maximum absolute atomic E-state index is 11.7. The highest BCUT2D eigenvalue weighted by Gasteiger charge is 2.53. The molecule has 12 nitrogen and oxygen atoms in total. The van der Waals surface area contributed by atoms with Crippen LogP contribution in [-0.4, -0.2) is 71.1 Å². The molecule has 2 heterocycles. The Morgan fingerprint density at radius 3 is 2.00 bits per heavy atom. The lowest BCUT2D eigenvalue weighted by molar-refractivity contribution is -0.310. The Morgan fingerprint density at radius 2 is 1.48 bits per heavy atom. The van der Waals surface area contributed by atoms with E-state index in [1.807, 2.05) is 0 Å². The van der Waals surface area contributed by atoms with E-state index in [0.29, 0.717) is 0 Å². The summed E-state index contributed by atoms with van der Waals surface area (Å²) in [6, 6.07) is 1.57. The zero-order chi connectivity index (χ0) is 21.6. The van der Waals surface area contributed by atoms with Gasteiger partial charge in [-0.2, -0.15) is 0 Å². The summed E-state index contributed by atoms with van der Waals surface area (Å²) in [7, 11) is 0. The van der Waals surface area contributed by atoms with Crippen molar-refractivity contribution in [2.75, 3.05) is 6.61 Å². The van der Waals surface area contributed by atoms with Crippen LogP contribution in [0.3, 0.4) is 0 Å². The predicted octanol–water partition coefficient (Wildman–Crippen LogP) is -0.605. The first-order chi connectivity index (χ1) is 13.7. The minimum absolute atomic E-state index is 0.337. The Hall–Kier alpha value is -3.15. The molecule has 2 rings (SSSR count). The quantitative estimate of drug-likeness (QED) is 0.417. The molecule has 0 saturated carbocycles. The fraction of sp³-hybridized carbons (Fsp3) is 0.588. The van der Waals surface area contributed by atoms with E-state index in [2.05, 4.69) is 5.10 Å². The molecule has 0 spiro atoms. The van der Waals surface area contributed by atoms with Crippen molar-refractivity contribution in [1.29, 1.82) is 0 Å². The molecule has 1 aliphatic heterocycles. The highest BCUT2D eigenvalue weighted by Crippen LogP contribution is 2.29. The van der Waals surface area contributed by atoms with Gasteiger partial charge in [0.15, 0.2) is 12.2 Å². The zero-order valence-corrected chi connectivity index (χ0v) is 16.3. The molecular formula is C17H22N2O10. The minimum Gasteiger partial charge on any atom is -0.463 e. The van der Waals surface area contributed by atoms with Gasteiger partial charge in [-0.25, -0.2) is 0 Å². The number of hydrogen-bond donors (Lipinski definition) is 0. The Kier molecular flexibility index (Phi) is 7.53. The molecule has 0 aromatic carbocycles. The van der Waals surface area contributed by atoms with Gasteiger partial charge in [-0.15, -0.1) is 9.94 Å². The lowest BCUT2D eigenvalue weighted by Gasteiger charge is -2.43. The van der Waals surface area contributed by atoms with Crippen molar-refractivity contribution in [3.8, 4) is 0 Å². The van der Waals surface area contributed by atoms with Crippen molar-refractivity contribution in [3.63, 3.8) is 0 Å². The second kappa shape index (κ2) is 9.87. The first kappa shape index (κ1) is 22.1. The molecule has 0 bridgehead atoms. The summed E-state index contributed by atoms with van der Waals surface area (Å²) in [5.74, 6) is -2.76. The van der Waals surface area contributed by atoms with Crippen molar-refractivity contribution in [2.24, 2.45) is 0 Å². The molecule has 12 heteroatoms. The number of rotatable bonds is 7. The Balaban J connectivity index is 2.40. The van der Waals surface area contributed by atoms with Crippen LogP contribution in [0, 0.1) is 0 Å². The molecule has 0 aliphatic carbocycles. The summed E-state index contributed by atoms with van der Waals surface area (Å²) < 4.78 is 26.5. The van der Waals surface area contributed by atoms with Gasteiger partial charge in [0.2, 0.25) is 6.10 Å². The van der Waals surface area contributed by atoms with Crippen molar-refractivity contribution in [1.82, 2.24) is 9.94 Å². The normalized spacial score (nSPS) is 26.1. The molecule has 1 aromatic heterocycles. The van der Waals surface area contributed by atoms with Crippen LogP contribution in [-0.2, 0) is 42.9 Å². The third-order valence-corrected chi connectivity index (χ3v) is 3.64. The van der Waals surface area contributed by atoms with Gasteiger partial charge < -0.3 is 28.5 Å². The smallest absolute Gasteiger partial charge is 0.303 e. The Labute approximate surface area is 165 Å². The Morgan fingerprint density at radius 1 is 0.897 bits per heavy atom. The molecule has 5 atom stereocenters. The fourth-order valence-electron chi connectivity index (χ4n) is 2.70. The summed E-state index contributed by atoms with van der Waals surface area (Å²) in [6.07, 6.45) is -3.36. The largest absolute Gasteiger partial charge is 0.463 e. The molecule has 29 heavy (non-hydrogen) atoms. The predicted molar refractivity (Wildman–Crippen MR) is 90.8 cm³/mol. The van der Waals surface area contributed by atoms with E-state index in [1.165, 1.54) is 19.3 Å². The van der Waals surface area contributed by atoms with Crippen molar-refractivity contribution in [2.45, 2.75) is 58.4 Å². The van der Waals surface area contributed by atoms with E-state index in [0.717, 1.165) is 25.6 Å². The first-order valence-corrected chi connectivity index (χ1v) is 8.64. The number of aromatic nitrogens is 2. The van der Waals surface area contributed by atoms with E-state index >= 15 is 0 Å². The third-order valence-electron chi connectivity index (χ3n) is 3.64. The van der Waals surface area contributed by atoms with Gasteiger partial charge in [0.25, 0.3) is 6.29 Å². The summed E-state index contributed by atoms with van der Waals surface area (Å²) in [6.45, 7) is 4.27. The van der Waals surface area contributed by atoms with Crippen LogP contribution >= 0.6 is 0 Å².